The summed E-state index contributed by atoms with van der Waals surface area (Å²) < 4.78 is 0. The molecule has 4 heterocycles. The van der Waals surface area contributed by atoms with Crippen LogP contribution in [0.3, 0.4) is 0 Å². The number of hydrogen-bond acceptors (Lipinski definition) is 3. The zero-order valence-corrected chi connectivity index (χ0v) is 15.6. The maximum Gasteiger partial charge on any atom is 0.261 e. The molecule has 0 spiro atoms. The zero-order chi connectivity index (χ0) is 15.8. The molecule has 1 N–H and O–H groups in total. The van der Waals surface area contributed by atoms with Crippen LogP contribution in [0.5, 0.6) is 0 Å². The molecule has 5 rings (SSSR count). The quantitative estimate of drug-likeness (QED) is 0.857. The number of carbonyl (C=O) groups excluding carboxylic acids is 1. The molecular formula is C18H20Cl2N2OS. The minimum Gasteiger partial charge on any atom is -0.347 e. The molecule has 3 saturated heterocycles. The Hall–Kier alpha value is -1.07. The second-order valence-electron chi connectivity index (χ2n) is 6.36. The van der Waals surface area contributed by atoms with Crippen molar-refractivity contribution in [1.29, 1.82) is 0 Å². The lowest BCUT2D eigenvalue weighted by Gasteiger charge is -2.44. The Morgan fingerprint density at radius 2 is 1.92 bits per heavy atom. The lowest BCUT2D eigenvalue weighted by Crippen LogP contribution is -2.57. The SMILES string of the molecule is Cl.O=C(N[C@H]1CN2CCC1CC2)c1ccc(-c2ccccc2Cl)s1. The van der Waals surface area contributed by atoms with Gasteiger partial charge in [-0.15, -0.1) is 23.7 Å². The topological polar surface area (TPSA) is 32.3 Å². The summed E-state index contributed by atoms with van der Waals surface area (Å²) in [6.45, 7) is 3.37. The van der Waals surface area contributed by atoms with Crippen LogP contribution >= 0.6 is 35.3 Å². The Bertz CT molecular complexity index is 725. The van der Waals surface area contributed by atoms with E-state index in [1.807, 2.05) is 36.4 Å². The molecule has 3 aliphatic rings. The average Bonchev–Trinajstić information content (AvgIpc) is 3.06. The van der Waals surface area contributed by atoms with Crippen LogP contribution in [0.25, 0.3) is 10.4 Å². The van der Waals surface area contributed by atoms with Gasteiger partial charge >= 0.3 is 0 Å². The first-order valence-corrected chi connectivity index (χ1v) is 9.28. The second kappa shape index (κ2) is 7.44. The fourth-order valence-corrected chi connectivity index (χ4v) is 4.88. The van der Waals surface area contributed by atoms with Gasteiger partial charge < -0.3 is 10.2 Å². The molecule has 2 aromatic rings. The number of nitrogens with one attached hydrogen (secondary N) is 1. The van der Waals surface area contributed by atoms with Gasteiger partial charge in [0.1, 0.15) is 0 Å². The van der Waals surface area contributed by atoms with Gasteiger partial charge in [-0.2, -0.15) is 0 Å². The van der Waals surface area contributed by atoms with E-state index >= 15 is 0 Å². The van der Waals surface area contributed by atoms with Gasteiger partial charge in [0.2, 0.25) is 0 Å². The minimum atomic E-state index is 0. The molecule has 3 nitrogen and oxygen atoms in total. The summed E-state index contributed by atoms with van der Waals surface area (Å²) in [6, 6.07) is 11.9. The number of nitrogens with zero attached hydrogens (tertiary/aromatic N) is 1. The smallest absolute Gasteiger partial charge is 0.261 e. The van der Waals surface area contributed by atoms with E-state index in [4.69, 9.17) is 11.6 Å². The number of hydrogen-bond donors (Lipinski definition) is 1. The van der Waals surface area contributed by atoms with Crippen molar-refractivity contribution in [2.45, 2.75) is 18.9 Å². The summed E-state index contributed by atoms with van der Waals surface area (Å²) in [6.07, 6.45) is 2.42. The van der Waals surface area contributed by atoms with Gasteiger partial charge in [0.25, 0.3) is 5.91 Å². The number of halogens is 2. The maximum absolute atomic E-state index is 12.6. The van der Waals surface area contributed by atoms with Crippen LogP contribution in [0.2, 0.25) is 5.02 Å². The highest BCUT2D eigenvalue weighted by Gasteiger charge is 2.35. The summed E-state index contributed by atoms with van der Waals surface area (Å²) in [4.78, 5) is 16.8. The molecule has 1 aromatic heterocycles. The van der Waals surface area contributed by atoms with Gasteiger partial charge in [0.15, 0.2) is 0 Å². The number of fused-ring (bicyclic) bond motifs is 3. The Kier molecular flexibility index (Phi) is 5.50. The van der Waals surface area contributed by atoms with Gasteiger partial charge in [-0.3, -0.25) is 4.79 Å². The summed E-state index contributed by atoms with van der Waals surface area (Å²) in [5, 5.41) is 3.96. The molecule has 0 aliphatic carbocycles. The van der Waals surface area contributed by atoms with E-state index < -0.39 is 0 Å². The van der Waals surface area contributed by atoms with Crippen molar-refractivity contribution in [2.24, 2.45) is 5.92 Å². The summed E-state index contributed by atoms with van der Waals surface area (Å²) in [7, 11) is 0. The third-order valence-electron chi connectivity index (χ3n) is 4.94. The van der Waals surface area contributed by atoms with E-state index in [0.717, 1.165) is 26.9 Å². The van der Waals surface area contributed by atoms with Crippen molar-refractivity contribution >= 4 is 41.3 Å². The number of amides is 1. The summed E-state index contributed by atoms with van der Waals surface area (Å²) in [5.41, 5.74) is 0.987. The Morgan fingerprint density at radius 3 is 2.58 bits per heavy atom. The lowest BCUT2D eigenvalue weighted by molar-refractivity contribution is 0.0622. The highest BCUT2D eigenvalue weighted by Crippen LogP contribution is 2.33. The van der Waals surface area contributed by atoms with Crippen molar-refractivity contribution in [1.82, 2.24) is 10.2 Å². The van der Waals surface area contributed by atoms with Crippen LogP contribution in [0, 0.1) is 5.92 Å². The number of benzene rings is 1. The van der Waals surface area contributed by atoms with Crippen molar-refractivity contribution in [2.75, 3.05) is 19.6 Å². The monoisotopic (exact) mass is 382 g/mol. The van der Waals surface area contributed by atoms with Crippen LogP contribution in [0.1, 0.15) is 22.5 Å². The molecule has 2 bridgehead atoms. The van der Waals surface area contributed by atoms with E-state index in [0.29, 0.717) is 12.0 Å². The standard InChI is InChI=1S/C18H19ClN2OS.ClH/c19-14-4-2-1-3-13(14)16-5-6-17(23-16)18(22)20-15-11-21-9-7-12(15)8-10-21;/h1-6,12,15H,7-11H2,(H,20,22);1H/t15-;/m0./s1. The first kappa shape index (κ1) is 17.7. The molecule has 24 heavy (non-hydrogen) atoms. The molecule has 6 heteroatoms. The number of rotatable bonds is 3. The first-order chi connectivity index (χ1) is 11.2. The predicted octanol–water partition coefficient (Wildman–Crippen LogP) is 4.31. The number of carbonyl (C=O) groups is 1. The van der Waals surface area contributed by atoms with Gasteiger partial charge in [-0.1, -0.05) is 29.8 Å². The average molecular weight is 383 g/mol. The Balaban J connectivity index is 0.00000169. The van der Waals surface area contributed by atoms with Crippen molar-refractivity contribution in [3.05, 3.63) is 46.3 Å². The van der Waals surface area contributed by atoms with Crippen molar-refractivity contribution < 1.29 is 4.79 Å². The summed E-state index contributed by atoms with van der Waals surface area (Å²) in [5.74, 6) is 0.694. The maximum atomic E-state index is 12.6. The van der Waals surface area contributed by atoms with Crippen LogP contribution in [0.15, 0.2) is 36.4 Å². The first-order valence-electron chi connectivity index (χ1n) is 8.08. The third-order valence-corrected chi connectivity index (χ3v) is 6.39. The van der Waals surface area contributed by atoms with Crippen molar-refractivity contribution in [3.8, 4) is 10.4 Å². The second-order valence-corrected chi connectivity index (χ2v) is 7.85. The molecular weight excluding hydrogens is 363 g/mol. The van der Waals surface area contributed by atoms with Crippen molar-refractivity contribution in [3.63, 3.8) is 0 Å². The van der Waals surface area contributed by atoms with Crippen LogP contribution in [0.4, 0.5) is 0 Å². The normalized spacial score (nSPS) is 25.1. The minimum absolute atomic E-state index is 0. The largest absolute Gasteiger partial charge is 0.347 e. The fourth-order valence-electron chi connectivity index (χ4n) is 3.63. The van der Waals surface area contributed by atoms with Crippen LogP contribution < -0.4 is 5.32 Å². The van der Waals surface area contributed by atoms with Gasteiger partial charge in [0, 0.05) is 28.0 Å². The molecule has 1 atom stereocenters. The highest BCUT2D eigenvalue weighted by molar-refractivity contribution is 7.17. The molecule has 0 saturated carbocycles. The third kappa shape index (κ3) is 3.47. The van der Waals surface area contributed by atoms with E-state index in [1.54, 1.807) is 0 Å². The summed E-state index contributed by atoms with van der Waals surface area (Å²) >= 11 is 7.75. The molecule has 0 radical (unpaired) electrons. The molecule has 3 aliphatic heterocycles. The predicted molar refractivity (Wildman–Crippen MR) is 102 cm³/mol. The lowest BCUT2D eigenvalue weighted by atomic mass is 9.84. The van der Waals surface area contributed by atoms with E-state index in [2.05, 4.69) is 10.2 Å². The van der Waals surface area contributed by atoms with Gasteiger partial charge in [-0.25, -0.2) is 0 Å². The Morgan fingerprint density at radius 1 is 1.17 bits per heavy atom. The van der Waals surface area contributed by atoms with Gasteiger partial charge in [0.05, 0.1) is 4.88 Å². The highest BCUT2D eigenvalue weighted by atomic mass is 35.5. The molecule has 3 fully saturated rings. The Labute approximate surface area is 157 Å². The zero-order valence-electron chi connectivity index (χ0n) is 13.2. The van der Waals surface area contributed by atoms with Gasteiger partial charge in [-0.05, 0) is 50.0 Å². The van der Waals surface area contributed by atoms with Crippen LogP contribution in [-0.2, 0) is 0 Å². The van der Waals surface area contributed by atoms with E-state index in [1.165, 1.54) is 37.3 Å². The van der Waals surface area contributed by atoms with E-state index in [9.17, 15) is 4.79 Å². The van der Waals surface area contributed by atoms with E-state index in [-0.39, 0.29) is 18.3 Å². The number of thiophene rings is 1. The van der Waals surface area contributed by atoms with Crippen LogP contribution in [-0.4, -0.2) is 36.5 Å². The molecule has 1 amide bonds. The molecule has 128 valence electrons. The molecule has 0 unspecified atom stereocenters. The number of piperidine rings is 3. The fraction of sp³-hybridized carbons (Fsp3) is 0.389. The molecule has 1 aromatic carbocycles.